The van der Waals surface area contributed by atoms with Crippen LogP contribution in [0.25, 0.3) is 0 Å². The first kappa shape index (κ1) is 14.4. The van der Waals surface area contributed by atoms with Crippen LogP contribution in [0.15, 0.2) is 30.6 Å². The molecule has 1 heterocycles. The van der Waals surface area contributed by atoms with Crippen LogP contribution in [0.3, 0.4) is 0 Å². The minimum absolute atomic E-state index is 0.737. The monoisotopic (exact) mass is 275 g/mol. The van der Waals surface area contributed by atoms with Gasteiger partial charge in [-0.3, -0.25) is 4.68 Å². The number of aromatic nitrogens is 2. The van der Waals surface area contributed by atoms with E-state index in [-0.39, 0.29) is 0 Å². The van der Waals surface area contributed by atoms with Gasteiger partial charge in [0.15, 0.2) is 11.5 Å². The predicted octanol–water partition coefficient (Wildman–Crippen LogP) is 2.00. The number of aryl methyl sites for hydroxylation is 1. The number of benzene rings is 1. The molecule has 0 aliphatic carbocycles. The lowest BCUT2D eigenvalue weighted by molar-refractivity contribution is 0.350. The molecule has 1 aromatic heterocycles. The third-order valence-electron chi connectivity index (χ3n) is 3.08. The van der Waals surface area contributed by atoms with Crippen molar-refractivity contribution in [3.8, 4) is 11.5 Å². The van der Waals surface area contributed by atoms with Gasteiger partial charge in [0, 0.05) is 24.8 Å². The third-order valence-corrected chi connectivity index (χ3v) is 3.08. The van der Waals surface area contributed by atoms with E-state index >= 15 is 0 Å². The first-order valence-electron chi connectivity index (χ1n) is 6.64. The normalized spacial score (nSPS) is 10.6. The maximum Gasteiger partial charge on any atom is 0.165 e. The van der Waals surface area contributed by atoms with Crippen molar-refractivity contribution < 1.29 is 9.47 Å². The Morgan fingerprint density at radius 2 is 2.10 bits per heavy atom. The molecule has 0 unspecified atom stereocenters. The van der Waals surface area contributed by atoms with Crippen LogP contribution < -0.4 is 14.8 Å². The summed E-state index contributed by atoms with van der Waals surface area (Å²) in [5.74, 6) is 1.55. The molecule has 2 rings (SSSR count). The van der Waals surface area contributed by atoms with Crippen molar-refractivity contribution in [2.75, 3.05) is 20.8 Å². The van der Waals surface area contributed by atoms with E-state index < -0.39 is 0 Å². The fourth-order valence-corrected chi connectivity index (χ4v) is 2.10. The SMILES string of the molecule is COc1cccc(CNCCn2cc(C)cn2)c1OC. The maximum atomic E-state index is 5.40. The van der Waals surface area contributed by atoms with Crippen LogP contribution in [0.2, 0.25) is 0 Å². The lowest BCUT2D eigenvalue weighted by Gasteiger charge is -2.13. The first-order chi connectivity index (χ1) is 9.74. The maximum absolute atomic E-state index is 5.40. The summed E-state index contributed by atoms with van der Waals surface area (Å²) in [6, 6.07) is 5.90. The number of rotatable bonds is 7. The summed E-state index contributed by atoms with van der Waals surface area (Å²) >= 11 is 0. The van der Waals surface area contributed by atoms with Crippen LogP contribution in [-0.2, 0) is 13.1 Å². The summed E-state index contributed by atoms with van der Waals surface area (Å²) in [5, 5.41) is 7.64. The third kappa shape index (κ3) is 3.51. The van der Waals surface area contributed by atoms with Gasteiger partial charge in [0.2, 0.25) is 0 Å². The Morgan fingerprint density at radius 3 is 2.75 bits per heavy atom. The number of methoxy groups -OCH3 is 2. The minimum atomic E-state index is 0.737. The molecule has 5 nitrogen and oxygen atoms in total. The second kappa shape index (κ2) is 6.96. The zero-order valence-corrected chi connectivity index (χ0v) is 12.2. The van der Waals surface area contributed by atoms with Gasteiger partial charge >= 0.3 is 0 Å². The average molecular weight is 275 g/mol. The van der Waals surface area contributed by atoms with Crippen LogP contribution in [-0.4, -0.2) is 30.5 Å². The van der Waals surface area contributed by atoms with E-state index in [0.29, 0.717) is 0 Å². The van der Waals surface area contributed by atoms with Crippen molar-refractivity contribution >= 4 is 0 Å². The largest absolute Gasteiger partial charge is 0.493 e. The van der Waals surface area contributed by atoms with E-state index in [4.69, 9.17) is 9.47 Å². The molecule has 0 fully saturated rings. The molecule has 108 valence electrons. The number of nitrogens with one attached hydrogen (secondary N) is 1. The Kier molecular flexibility index (Phi) is 5.01. The Balaban J connectivity index is 1.87. The number of nitrogens with zero attached hydrogens (tertiary/aromatic N) is 2. The van der Waals surface area contributed by atoms with Gasteiger partial charge in [-0.1, -0.05) is 12.1 Å². The van der Waals surface area contributed by atoms with Crippen LogP contribution in [0, 0.1) is 6.92 Å². The highest BCUT2D eigenvalue weighted by atomic mass is 16.5. The Morgan fingerprint density at radius 1 is 1.25 bits per heavy atom. The number of para-hydroxylation sites is 1. The van der Waals surface area contributed by atoms with Crippen molar-refractivity contribution in [3.63, 3.8) is 0 Å². The number of hydrogen-bond acceptors (Lipinski definition) is 4. The Labute approximate surface area is 119 Å². The summed E-state index contributed by atoms with van der Waals surface area (Å²) in [6.45, 7) is 4.47. The highest BCUT2D eigenvalue weighted by Crippen LogP contribution is 2.30. The highest BCUT2D eigenvalue weighted by Gasteiger charge is 2.08. The van der Waals surface area contributed by atoms with Gasteiger partial charge in [-0.05, 0) is 18.6 Å². The van der Waals surface area contributed by atoms with Gasteiger partial charge in [0.1, 0.15) is 0 Å². The molecule has 0 radical (unpaired) electrons. The summed E-state index contributed by atoms with van der Waals surface area (Å²) in [5.41, 5.74) is 2.27. The van der Waals surface area contributed by atoms with E-state index in [0.717, 1.165) is 36.7 Å². The summed E-state index contributed by atoms with van der Waals surface area (Å²) < 4.78 is 12.6. The molecule has 0 aliphatic rings. The fourth-order valence-electron chi connectivity index (χ4n) is 2.10. The van der Waals surface area contributed by atoms with Crippen molar-refractivity contribution in [1.82, 2.24) is 15.1 Å². The average Bonchev–Trinajstić information content (AvgIpc) is 2.88. The summed E-state index contributed by atoms with van der Waals surface area (Å²) in [4.78, 5) is 0. The van der Waals surface area contributed by atoms with Crippen molar-refractivity contribution in [2.45, 2.75) is 20.0 Å². The highest BCUT2D eigenvalue weighted by molar-refractivity contribution is 5.46. The molecule has 20 heavy (non-hydrogen) atoms. The molecule has 5 heteroatoms. The lowest BCUT2D eigenvalue weighted by atomic mass is 10.2. The molecule has 0 saturated heterocycles. The molecule has 2 aromatic rings. The van der Waals surface area contributed by atoms with Crippen molar-refractivity contribution in [1.29, 1.82) is 0 Å². The van der Waals surface area contributed by atoms with E-state index in [1.807, 2.05) is 42.2 Å². The predicted molar refractivity (Wildman–Crippen MR) is 78.2 cm³/mol. The molecule has 0 amide bonds. The number of ether oxygens (including phenoxy) is 2. The molecular weight excluding hydrogens is 254 g/mol. The van der Waals surface area contributed by atoms with E-state index in [1.165, 1.54) is 5.56 Å². The minimum Gasteiger partial charge on any atom is -0.493 e. The molecule has 0 spiro atoms. The van der Waals surface area contributed by atoms with E-state index in [2.05, 4.69) is 10.4 Å². The van der Waals surface area contributed by atoms with Crippen LogP contribution in [0.4, 0.5) is 0 Å². The molecule has 0 aliphatic heterocycles. The van der Waals surface area contributed by atoms with Gasteiger partial charge in [0.05, 0.1) is 27.0 Å². The zero-order valence-electron chi connectivity index (χ0n) is 12.2. The molecule has 0 atom stereocenters. The smallest absolute Gasteiger partial charge is 0.165 e. The van der Waals surface area contributed by atoms with Crippen molar-refractivity contribution in [2.24, 2.45) is 0 Å². The summed E-state index contributed by atoms with van der Waals surface area (Å²) in [6.07, 6.45) is 3.90. The Bertz CT molecular complexity index is 552. The topological polar surface area (TPSA) is 48.3 Å². The zero-order chi connectivity index (χ0) is 14.4. The standard InChI is InChI=1S/C15H21N3O2/c1-12-9-17-18(11-12)8-7-16-10-13-5-4-6-14(19-2)15(13)20-3/h4-6,9,11,16H,7-8,10H2,1-3H3. The number of hydrogen-bond donors (Lipinski definition) is 1. The van der Waals surface area contributed by atoms with Crippen LogP contribution >= 0.6 is 0 Å². The van der Waals surface area contributed by atoms with E-state index in [1.54, 1.807) is 14.2 Å². The fraction of sp³-hybridized carbons (Fsp3) is 0.400. The molecular formula is C15H21N3O2. The molecule has 0 bridgehead atoms. The second-order valence-corrected chi connectivity index (χ2v) is 4.61. The van der Waals surface area contributed by atoms with Gasteiger partial charge in [-0.25, -0.2) is 0 Å². The van der Waals surface area contributed by atoms with Crippen LogP contribution in [0.5, 0.6) is 11.5 Å². The first-order valence-corrected chi connectivity index (χ1v) is 6.64. The van der Waals surface area contributed by atoms with Gasteiger partial charge in [0.25, 0.3) is 0 Å². The van der Waals surface area contributed by atoms with Gasteiger partial charge in [-0.2, -0.15) is 5.10 Å². The van der Waals surface area contributed by atoms with Gasteiger partial charge in [-0.15, -0.1) is 0 Å². The molecule has 1 aromatic carbocycles. The molecule has 1 N–H and O–H groups in total. The van der Waals surface area contributed by atoms with Gasteiger partial charge < -0.3 is 14.8 Å². The van der Waals surface area contributed by atoms with E-state index in [9.17, 15) is 0 Å². The second-order valence-electron chi connectivity index (χ2n) is 4.61. The van der Waals surface area contributed by atoms with Crippen molar-refractivity contribution in [3.05, 3.63) is 41.7 Å². The van der Waals surface area contributed by atoms with Crippen LogP contribution in [0.1, 0.15) is 11.1 Å². The summed E-state index contributed by atoms with van der Waals surface area (Å²) in [7, 11) is 3.31. The molecule has 0 saturated carbocycles. The Hall–Kier alpha value is -2.01. The quantitative estimate of drug-likeness (QED) is 0.785. The lowest BCUT2D eigenvalue weighted by Crippen LogP contribution is -2.20.